The van der Waals surface area contributed by atoms with Crippen LogP contribution in [0, 0.1) is 5.41 Å². The number of hydrogen-bond acceptors (Lipinski definition) is 2. The molecule has 124 valence electrons. The maximum atomic E-state index is 4.37. The lowest BCUT2D eigenvalue weighted by molar-refractivity contribution is 0.179. The fraction of sp³-hybridized carbons (Fsp3) is 0.842. The molecule has 0 aromatic carbocycles. The number of H-pyrrole nitrogens is 1. The molecule has 0 atom stereocenters. The van der Waals surface area contributed by atoms with E-state index in [0.29, 0.717) is 0 Å². The average molecular weight is 303 g/mol. The van der Waals surface area contributed by atoms with Gasteiger partial charge in [-0.05, 0) is 64.0 Å². The van der Waals surface area contributed by atoms with Crippen molar-refractivity contribution in [1.82, 2.24) is 15.1 Å². The summed E-state index contributed by atoms with van der Waals surface area (Å²) in [5.74, 6) is 0.725. The molecule has 1 heterocycles. The van der Waals surface area contributed by atoms with Gasteiger partial charge >= 0.3 is 0 Å². The van der Waals surface area contributed by atoms with Crippen LogP contribution in [-0.2, 0) is 6.54 Å². The van der Waals surface area contributed by atoms with Crippen LogP contribution in [-0.4, -0.2) is 28.7 Å². The van der Waals surface area contributed by atoms with Gasteiger partial charge in [0.2, 0.25) is 0 Å². The zero-order valence-corrected chi connectivity index (χ0v) is 14.5. The number of aromatic amines is 1. The van der Waals surface area contributed by atoms with E-state index < -0.39 is 0 Å². The van der Waals surface area contributed by atoms with Crippen molar-refractivity contribution < 1.29 is 0 Å². The minimum atomic E-state index is 0.725. The minimum Gasteiger partial charge on any atom is -0.302 e. The highest BCUT2D eigenvalue weighted by Gasteiger charge is 2.38. The lowest BCUT2D eigenvalue weighted by Gasteiger charge is -2.37. The number of rotatable bonds is 6. The van der Waals surface area contributed by atoms with Crippen molar-refractivity contribution in [2.24, 2.45) is 5.41 Å². The number of aromatic nitrogens is 2. The summed E-state index contributed by atoms with van der Waals surface area (Å²) < 4.78 is 0. The lowest BCUT2D eigenvalue weighted by atomic mass is 9.68. The van der Waals surface area contributed by atoms with Gasteiger partial charge in [-0.1, -0.05) is 26.2 Å². The Morgan fingerprint density at radius 3 is 2.64 bits per heavy atom. The van der Waals surface area contributed by atoms with Crippen LogP contribution in [0.1, 0.15) is 88.3 Å². The molecule has 0 radical (unpaired) electrons. The zero-order chi connectivity index (χ0) is 15.4. The Labute approximate surface area is 135 Å². The molecule has 22 heavy (non-hydrogen) atoms. The summed E-state index contributed by atoms with van der Waals surface area (Å²) in [5.41, 5.74) is 3.61. The summed E-state index contributed by atoms with van der Waals surface area (Å²) >= 11 is 0. The first kappa shape index (κ1) is 16.0. The molecule has 2 fully saturated rings. The second-order valence-corrected chi connectivity index (χ2v) is 7.88. The molecule has 2 aliphatic carbocycles. The molecule has 3 heteroatoms. The van der Waals surface area contributed by atoms with Gasteiger partial charge in [0.25, 0.3) is 0 Å². The van der Waals surface area contributed by atoms with E-state index in [1.165, 1.54) is 82.0 Å². The number of unbranched alkanes of at least 4 members (excludes halogenated alkanes) is 1. The monoisotopic (exact) mass is 303 g/mol. The Balaban J connectivity index is 1.58. The minimum absolute atomic E-state index is 0.725. The molecule has 0 bridgehead atoms. The predicted molar refractivity (Wildman–Crippen MR) is 91.9 cm³/mol. The van der Waals surface area contributed by atoms with Crippen LogP contribution in [0.4, 0.5) is 0 Å². The highest BCUT2D eigenvalue weighted by molar-refractivity contribution is 5.21. The van der Waals surface area contributed by atoms with Gasteiger partial charge in [-0.15, -0.1) is 0 Å². The van der Waals surface area contributed by atoms with E-state index in [0.717, 1.165) is 17.9 Å². The van der Waals surface area contributed by atoms with Gasteiger partial charge in [0.05, 0.1) is 6.20 Å². The molecule has 1 aromatic rings. The van der Waals surface area contributed by atoms with E-state index >= 15 is 0 Å². The smallest absolute Gasteiger partial charge is 0.0535 e. The summed E-state index contributed by atoms with van der Waals surface area (Å²) in [6.45, 7) is 4.50. The topological polar surface area (TPSA) is 31.9 Å². The summed E-state index contributed by atoms with van der Waals surface area (Å²) in [5, 5.41) is 7.71. The number of nitrogens with zero attached hydrogens (tertiary/aromatic N) is 2. The Hall–Kier alpha value is -0.830. The van der Waals surface area contributed by atoms with Gasteiger partial charge in [0.1, 0.15) is 0 Å². The van der Waals surface area contributed by atoms with Gasteiger partial charge in [-0.3, -0.25) is 5.10 Å². The Morgan fingerprint density at radius 1 is 1.23 bits per heavy atom. The van der Waals surface area contributed by atoms with Crippen molar-refractivity contribution in [1.29, 1.82) is 0 Å². The highest BCUT2D eigenvalue weighted by atomic mass is 15.1. The van der Waals surface area contributed by atoms with E-state index in [4.69, 9.17) is 0 Å². The van der Waals surface area contributed by atoms with Crippen LogP contribution >= 0.6 is 0 Å². The zero-order valence-electron chi connectivity index (χ0n) is 14.5. The van der Waals surface area contributed by atoms with Crippen molar-refractivity contribution in [3.05, 3.63) is 17.5 Å². The van der Waals surface area contributed by atoms with Crippen molar-refractivity contribution in [2.45, 2.75) is 83.6 Å². The van der Waals surface area contributed by atoms with Crippen LogP contribution < -0.4 is 0 Å². The van der Waals surface area contributed by atoms with Crippen LogP contribution in [0.5, 0.6) is 0 Å². The molecule has 3 rings (SSSR count). The van der Waals surface area contributed by atoms with E-state index in [-0.39, 0.29) is 0 Å². The third kappa shape index (κ3) is 3.56. The largest absolute Gasteiger partial charge is 0.302 e. The Kier molecular flexibility index (Phi) is 5.22. The van der Waals surface area contributed by atoms with Crippen LogP contribution in [0.3, 0.4) is 0 Å². The van der Waals surface area contributed by atoms with E-state index in [1.54, 1.807) is 0 Å². The van der Waals surface area contributed by atoms with Crippen LogP contribution in [0.25, 0.3) is 0 Å². The maximum absolute atomic E-state index is 4.37. The third-order valence-electron chi connectivity index (χ3n) is 6.20. The van der Waals surface area contributed by atoms with Crippen molar-refractivity contribution in [2.75, 3.05) is 13.6 Å². The quantitative estimate of drug-likeness (QED) is 0.814. The molecule has 2 saturated carbocycles. The molecule has 0 unspecified atom stereocenters. The molecule has 1 aromatic heterocycles. The standard InChI is InChI=1S/C19H33N3/c1-3-4-13-22(2)15-17-14-20-21-18(17)16-7-11-19(12-8-16)9-5-6-10-19/h14,16H,3-13,15H2,1-2H3,(H,20,21). The predicted octanol–water partition coefficient (Wildman–Crippen LogP) is 4.86. The summed E-state index contributed by atoms with van der Waals surface area (Å²) in [6, 6.07) is 0. The fourth-order valence-corrected chi connectivity index (χ4v) is 4.74. The summed E-state index contributed by atoms with van der Waals surface area (Å²) in [7, 11) is 2.24. The first-order chi connectivity index (χ1) is 10.7. The van der Waals surface area contributed by atoms with E-state index in [9.17, 15) is 0 Å². The van der Waals surface area contributed by atoms with Crippen molar-refractivity contribution >= 4 is 0 Å². The average Bonchev–Trinajstić information content (AvgIpc) is 3.16. The van der Waals surface area contributed by atoms with E-state index in [1.807, 2.05) is 0 Å². The summed E-state index contributed by atoms with van der Waals surface area (Å²) in [4.78, 5) is 2.44. The first-order valence-electron chi connectivity index (χ1n) is 9.43. The molecule has 0 saturated heterocycles. The Morgan fingerprint density at radius 2 is 1.95 bits per heavy atom. The number of nitrogens with one attached hydrogen (secondary N) is 1. The second-order valence-electron chi connectivity index (χ2n) is 7.88. The van der Waals surface area contributed by atoms with Gasteiger partial charge < -0.3 is 4.90 Å². The maximum Gasteiger partial charge on any atom is 0.0535 e. The number of hydrogen-bond donors (Lipinski definition) is 1. The molecule has 0 aliphatic heterocycles. The lowest BCUT2D eigenvalue weighted by Crippen LogP contribution is -2.25. The van der Waals surface area contributed by atoms with Crippen molar-refractivity contribution in [3.63, 3.8) is 0 Å². The van der Waals surface area contributed by atoms with Crippen LogP contribution in [0.2, 0.25) is 0 Å². The molecule has 3 nitrogen and oxygen atoms in total. The fourth-order valence-electron chi connectivity index (χ4n) is 4.74. The molecule has 1 spiro atoms. The SMILES string of the molecule is CCCCN(C)Cc1cn[nH]c1C1CCC2(CCCC2)CC1. The molecule has 1 N–H and O–H groups in total. The van der Waals surface area contributed by atoms with Crippen LogP contribution in [0.15, 0.2) is 6.20 Å². The van der Waals surface area contributed by atoms with Crippen molar-refractivity contribution in [3.8, 4) is 0 Å². The first-order valence-corrected chi connectivity index (χ1v) is 9.43. The van der Waals surface area contributed by atoms with E-state index in [2.05, 4.69) is 35.3 Å². The van der Waals surface area contributed by atoms with Gasteiger partial charge in [-0.25, -0.2) is 0 Å². The van der Waals surface area contributed by atoms with Gasteiger partial charge in [0.15, 0.2) is 0 Å². The molecular weight excluding hydrogens is 270 g/mol. The Bertz CT molecular complexity index is 449. The molecular formula is C19H33N3. The molecule has 0 amide bonds. The molecule has 2 aliphatic rings. The highest BCUT2D eigenvalue weighted by Crippen LogP contribution is 2.52. The van der Waals surface area contributed by atoms with Gasteiger partial charge in [-0.2, -0.15) is 5.10 Å². The van der Waals surface area contributed by atoms with Gasteiger partial charge in [0, 0.05) is 23.7 Å². The second kappa shape index (κ2) is 7.16. The third-order valence-corrected chi connectivity index (χ3v) is 6.20. The summed E-state index contributed by atoms with van der Waals surface area (Å²) in [6.07, 6.45) is 16.2. The normalized spacial score (nSPS) is 22.0.